The summed E-state index contributed by atoms with van der Waals surface area (Å²) in [6.07, 6.45) is 0.908. The van der Waals surface area contributed by atoms with Gasteiger partial charge in [0, 0.05) is 22.0 Å². The van der Waals surface area contributed by atoms with Gasteiger partial charge in [0.15, 0.2) is 0 Å². The second-order valence-electron chi connectivity index (χ2n) is 7.52. The van der Waals surface area contributed by atoms with E-state index in [-0.39, 0.29) is 17.5 Å². The van der Waals surface area contributed by atoms with Gasteiger partial charge in [0.2, 0.25) is 5.91 Å². The molecule has 2 heterocycles. The molecule has 1 aromatic heterocycles. The Labute approximate surface area is 164 Å². The lowest BCUT2D eigenvalue weighted by atomic mass is 10.00. The molecule has 1 aliphatic rings. The van der Waals surface area contributed by atoms with E-state index in [1.54, 1.807) is 11.3 Å². The first-order chi connectivity index (χ1) is 12.3. The number of ether oxygens (including phenoxy) is 1. The fourth-order valence-corrected chi connectivity index (χ4v) is 4.08. The Morgan fingerprint density at radius 2 is 2.04 bits per heavy atom. The van der Waals surface area contributed by atoms with Crippen LogP contribution in [0.4, 0.5) is 0 Å². The SMILES string of the molecule is CC(C)(C)NCC(=O)N1CCc2sccc2C1COc1ccc(Cl)cc1. The maximum atomic E-state index is 12.8. The summed E-state index contributed by atoms with van der Waals surface area (Å²) < 4.78 is 5.98. The molecule has 140 valence electrons. The van der Waals surface area contributed by atoms with Crippen molar-refractivity contribution in [1.82, 2.24) is 10.2 Å². The minimum atomic E-state index is -0.0890. The average molecular weight is 393 g/mol. The second-order valence-corrected chi connectivity index (χ2v) is 8.96. The number of hydrogen-bond donors (Lipinski definition) is 1. The second kappa shape index (κ2) is 7.99. The zero-order valence-electron chi connectivity index (χ0n) is 15.4. The molecule has 0 bridgehead atoms. The average Bonchev–Trinajstić information content (AvgIpc) is 3.07. The third kappa shape index (κ3) is 4.78. The maximum Gasteiger partial charge on any atom is 0.237 e. The van der Waals surface area contributed by atoms with Gasteiger partial charge in [-0.05, 0) is 68.5 Å². The number of rotatable bonds is 5. The molecule has 0 saturated heterocycles. The Balaban J connectivity index is 1.73. The third-order valence-corrected chi connectivity index (χ3v) is 5.66. The van der Waals surface area contributed by atoms with Gasteiger partial charge in [0.05, 0.1) is 12.6 Å². The smallest absolute Gasteiger partial charge is 0.237 e. The van der Waals surface area contributed by atoms with E-state index in [9.17, 15) is 4.79 Å². The molecular formula is C20H25ClN2O2S. The van der Waals surface area contributed by atoms with E-state index in [0.29, 0.717) is 18.2 Å². The molecule has 0 fully saturated rings. The van der Waals surface area contributed by atoms with Gasteiger partial charge in [-0.15, -0.1) is 11.3 Å². The van der Waals surface area contributed by atoms with E-state index < -0.39 is 0 Å². The lowest BCUT2D eigenvalue weighted by Crippen LogP contribution is -2.48. The van der Waals surface area contributed by atoms with Crippen LogP contribution in [0.2, 0.25) is 5.02 Å². The zero-order chi connectivity index (χ0) is 18.7. The summed E-state index contributed by atoms with van der Waals surface area (Å²) >= 11 is 7.69. The summed E-state index contributed by atoms with van der Waals surface area (Å²) in [5.41, 5.74) is 1.12. The monoisotopic (exact) mass is 392 g/mol. The van der Waals surface area contributed by atoms with Crippen LogP contribution in [-0.2, 0) is 11.2 Å². The van der Waals surface area contributed by atoms with Crippen LogP contribution >= 0.6 is 22.9 Å². The molecule has 0 radical (unpaired) electrons. The van der Waals surface area contributed by atoms with Crippen LogP contribution < -0.4 is 10.1 Å². The number of hydrogen-bond acceptors (Lipinski definition) is 4. The number of benzene rings is 1. The highest BCUT2D eigenvalue weighted by molar-refractivity contribution is 7.10. The Hall–Kier alpha value is -1.56. The van der Waals surface area contributed by atoms with Gasteiger partial charge in [0.1, 0.15) is 12.4 Å². The normalized spacial score (nSPS) is 17.1. The number of fused-ring (bicyclic) bond motifs is 1. The Bertz CT molecular complexity index is 752. The van der Waals surface area contributed by atoms with Crippen LogP contribution in [0.25, 0.3) is 0 Å². The topological polar surface area (TPSA) is 41.6 Å². The highest BCUT2D eigenvalue weighted by Gasteiger charge is 2.32. The molecule has 2 aromatic rings. The molecule has 1 amide bonds. The van der Waals surface area contributed by atoms with Crippen molar-refractivity contribution >= 4 is 28.8 Å². The maximum absolute atomic E-state index is 12.8. The molecule has 1 unspecified atom stereocenters. The van der Waals surface area contributed by atoms with Crippen LogP contribution in [0.1, 0.15) is 37.3 Å². The summed E-state index contributed by atoms with van der Waals surface area (Å²) in [5, 5.41) is 6.07. The van der Waals surface area contributed by atoms with Gasteiger partial charge >= 0.3 is 0 Å². The Morgan fingerprint density at radius 1 is 1.31 bits per heavy atom. The number of amides is 1. The molecule has 6 heteroatoms. The Morgan fingerprint density at radius 3 is 2.73 bits per heavy atom. The molecule has 1 N–H and O–H groups in total. The van der Waals surface area contributed by atoms with E-state index in [4.69, 9.17) is 16.3 Å². The predicted octanol–water partition coefficient (Wildman–Crippen LogP) is 4.29. The molecule has 1 aliphatic heterocycles. The zero-order valence-corrected chi connectivity index (χ0v) is 17.0. The van der Waals surface area contributed by atoms with Crippen LogP contribution in [0.15, 0.2) is 35.7 Å². The standard InChI is InChI=1S/C20H25ClN2O2S/c1-20(2,3)22-12-19(24)23-10-8-18-16(9-11-26-18)17(23)13-25-15-6-4-14(21)5-7-15/h4-7,9,11,17,22H,8,10,12-13H2,1-3H3. The lowest BCUT2D eigenvalue weighted by Gasteiger charge is -2.36. The summed E-state index contributed by atoms with van der Waals surface area (Å²) in [7, 11) is 0. The molecule has 0 aliphatic carbocycles. The van der Waals surface area contributed by atoms with E-state index >= 15 is 0 Å². The number of thiophene rings is 1. The first-order valence-corrected chi connectivity index (χ1v) is 10.1. The van der Waals surface area contributed by atoms with Gasteiger partial charge in [-0.2, -0.15) is 0 Å². The van der Waals surface area contributed by atoms with Gasteiger partial charge in [-0.1, -0.05) is 11.6 Å². The van der Waals surface area contributed by atoms with Gasteiger partial charge in [0.25, 0.3) is 0 Å². The van der Waals surface area contributed by atoms with E-state index in [2.05, 4.69) is 37.5 Å². The summed E-state index contributed by atoms with van der Waals surface area (Å²) in [6.45, 7) is 7.69. The number of nitrogens with zero attached hydrogens (tertiary/aromatic N) is 1. The molecular weight excluding hydrogens is 368 g/mol. The van der Waals surface area contributed by atoms with Crippen molar-refractivity contribution in [3.8, 4) is 5.75 Å². The highest BCUT2D eigenvalue weighted by atomic mass is 35.5. The Kier molecular flexibility index (Phi) is 5.90. The minimum absolute atomic E-state index is 0.0602. The molecule has 1 aromatic carbocycles. The number of halogens is 1. The van der Waals surface area contributed by atoms with E-state index in [1.807, 2.05) is 29.2 Å². The first-order valence-electron chi connectivity index (χ1n) is 8.82. The van der Waals surface area contributed by atoms with Gasteiger partial charge in [-0.3, -0.25) is 4.79 Å². The van der Waals surface area contributed by atoms with Crippen molar-refractivity contribution in [1.29, 1.82) is 0 Å². The van der Waals surface area contributed by atoms with Crippen molar-refractivity contribution in [3.05, 3.63) is 51.2 Å². The third-order valence-electron chi connectivity index (χ3n) is 4.41. The van der Waals surface area contributed by atoms with Gasteiger partial charge in [-0.25, -0.2) is 0 Å². The predicted molar refractivity (Wildman–Crippen MR) is 107 cm³/mol. The van der Waals surface area contributed by atoms with Crippen molar-refractivity contribution < 1.29 is 9.53 Å². The lowest BCUT2D eigenvalue weighted by molar-refractivity contribution is -0.134. The highest BCUT2D eigenvalue weighted by Crippen LogP contribution is 2.34. The fraction of sp³-hybridized carbons (Fsp3) is 0.450. The fourth-order valence-electron chi connectivity index (χ4n) is 3.02. The summed E-state index contributed by atoms with van der Waals surface area (Å²) in [4.78, 5) is 16.1. The van der Waals surface area contributed by atoms with Crippen LogP contribution in [0.3, 0.4) is 0 Å². The minimum Gasteiger partial charge on any atom is -0.491 e. The van der Waals surface area contributed by atoms with E-state index in [0.717, 1.165) is 18.7 Å². The van der Waals surface area contributed by atoms with Crippen molar-refractivity contribution in [2.75, 3.05) is 19.7 Å². The molecule has 3 rings (SSSR count). The van der Waals surface area contributed by atoms with Crippen LogP contribution in [-0.4, -0.2) is 36.0 Å². The molecule has 4 nitrogen and oxygen atoms in total. The van der Waals surface area contributed by atoms with E-state index in [1.165, 1.54) is 10.4 Å². The first kappa shape index (κ1) is 19.2. The summed E-state index contributed by atoms with van der Waals surface area (Å²) in [6, 6.07) is 9.38. The quantitative estimate of drug-likeness (QED) is 0.825. The summed E-state index contributed by atoms with van der Waals surface area (Å²) in [5.74, 6) is 0.874. The van der Waals surface area contributed by atoms with Crippen molar-refractivity contribution in [2.24, 2.45) is 0 Å². The van der Waals surface area contributed by atoms with Gasteiger partial charge < -0.3 is 15.0 Å². The number of carbonyl (C=O) groups is 1. The van der Waals surface area contributed by atoms with Crippen molar-refractivity contribution in [3.63, 3.8) is 0 Å². The largest absolute Gasteiger partial charge is 0.491 e. The van der Waals surface area contributed by atoms with Crippen LogP contribution in [0.5, 0.6) is 5.75 Å². The van der Waals surface area contributed by atoms with Crippen LogP contribution in [0, 0.1) is 0 Å². The molecule has 0 spiro atoms. The molecule has 1 atom stereocenters. The number of nitrogens with one attached hydrogen (secondary N) is 1. The number of carbonyl (C=O) groups excluding carboxylic acids is 1. The molecule has 0 saturated carbocycles. The van der Waals surface area contributed by atoms with Crippen molar-refractivity contribution in [2.45, 2.75) is 38.8 Å². The molecule has 26 heavy (non-hydrogen) atoms.